The topological polar surface area (TPSA) is 50.8 Å². The van der Waals surface area contributed by atoms with E-state index in [0.29, 0.717) is 19.6 Å². The number of nitrogens with zero attached hydrogens (tertiary/aromatic N) is 1. The lowest BCUT2D eigenvalue weighted by molar-refractivity contribution is -0.127. The molecule has 0 aromatic heterocycles. The van der Waals surface area contributed by atoms with Gasteiger partial charge in [0.2, 0.25) is 0 Å². The van der Waals surface area contributed by atoms with Gasteiger partial charge in [-0.3, -0.25) is 4.79 Å². The average molecular weight is 387 g/mol. The molecule has 5 nitrogen and oxygen atoms in total. The van der Waals surface area contributed by atoms with Gasteiger partial charge in [0.25, 0.3) is 5.91 Å². The van der Waals surface area contributed by atoms with Crippen LogP contribution < -0.4 is 19.7 Å². The normalized spacial score (nSPS) is 15.7. The van der Waals surface area contributed by atoms with Gasteiger partial charge in [-0.2, -0.15) is 0 Å². The first-order chi connectivity index (χ1) is 13.2. The lowest BCUT2D eigenvalue weighted by atomic mass is 10.1. The summed E-state index contributed by atoms with van der Waals surface area (Å²) in [5, 5.41) is 2.94. The molecular formula is C21H26N2O3S. The number of ether oxygens (including phenoxy) is 2. The number of methoxy groups -OCH3 is 1. The average Bonchev–Trinajstić information content (AvgIpc) is 2.71. The molecule has 27 heavy (non-hydrogen) atoms. The smallest absolute Gasteiger partial charge is 0.262 e. The highest BCUT2D eigenvalue weighted by Gasteiger charge is 2.30. The molecule has 1 heterocycles. The number of rotatable bonds is 7. The van der Waals surface area contributed by atoms with Crippen molar-refractivity contribution >= 4 is 23.4 Å². The van der Waals surface area contributed by atoms with E-state index in [2.05, 4.69) is 22.3 Å². The van der Waals surface area contributed by atoms with Gasteiger partial charge < -0.3 is 19.7 Å². The molecule has 0 aliphatic carbocycles. The number of carbonyl (C=O) groups is 1. The first-order valence-corrected chi connectivity index (χ1v) is 10.4. The minimum Gasteiger partial charge on any atom is -0.496 e. The van der Waals surface area contributed by atoms with Crippen LogP contribution in [0.2, 0.25) is 0 Å². The number of para-hydroxylation sites is 2. The quantitative estimate of drug-likeness (QED) is 0.735. The fourth-order valence-corrected chi connectivity index (χ4v) is 3.78. The second kappa shape index (κ2) is 9.04. The maximum atomic E-state index is 12.5. The van der Waals surface area contributed by atoms with Crippen molar-refractivity contribution in [2.45, 2.75) is 30.9 Å². The van der Waals surface area contributed by atoms with Crippen LogP contribution >= 0.6 is 11.8 Å². The van der Waals surface area contributed by atoms with Crippen LogP contribution in [0.4, 0.5) is 5.69 Å². The second-order valence-electron chi connectivity index (χ2n) is 6.44. The molecule has 2 aromatic carbocycles. The third-order valence-corrected chi connectivity index (χ3v) is 5.28. The predicted molar refractivity (Wildman–Crippen MR) is 110 cm³/mol. The van der Waals surface area contributed by atoms with Crippen LogP contribution in [-0.4, -0.2) is 38.5 Å². The van der Waals surface area contributed by atoms with Gasteiger partial charge in [0, 0.05) is 18.0 Å². The maximum Gasteiger partial charge on any atom is 0.262 e. The molecule has 1 aliphatic heterocycles. The molecule has 3 rings (SSSR count). The van der Waals surface area contributed by atoms with Crippen molar-refractivity contribution in [1.82, 2.24) is 5.32 Å². The fraction of sp³-hybridized carbons (Fsp3) is 0.381. The molecule has 1 aliphatic rings. The van der Waals surface area contributed by atoms with Gasteiger partial charge in [-0.05, 0) is 42.5 Å². The number of benzene rings is 2. The van der Waals surface area contributed by atoms with E-state index in [9.17, 15) is 4.79 Å². The Morgan fingerprint density at radius 3 is 2.89 bits per heavy atom. The Bertz CT molecular complexity index is 797. The summed E-state index contributed by atoms with van der Waals surface area (Å²) in [5.74, 6) is 1.57. The molecule has 0 saturated heterocycles. The number of hydrogen-bond donors (Lipinski definition) is 1. The van der Waals surface area contributed by atoms with E-state index in [1.807, 2.05) is 43.5 Å². The Labute approximate surface area is 165 Å². The molecule has 144 valence electrons. The highest BCUT2D eigenvalue weighted by Crippen LogP contribution is 2.35. The van der Waals surface area contributed by atoms with Crippen LogP contribution in [0.5, 0.6) is 11.5 Å². The van der Waals surface area contributed by atoms with E-state index in [-0.39, 0.29) is 5.91 Å². The van der Waals surface area contributed by atoms with Crippen LogP contribution in [0.1, 0.15) is 18.9 Å². The Kier molecular flexibility index (Phi) is 6.50. The zero-order chi connectivity index (χ0) is 19.2. The van der Waals surface area contributed by atoms with Gasteiger partial charge in [-0.1, -0.05) is 25.1 Å². The minimum atomic E-state index is -0.510. The number of fused-ring (bicyclic) bond motifs is 1. The zero-order valence-electron chi connectivity index (χ0n) is 16.0. The predicted octanol–water partition coefficient (Wildman–Crippen LogP) is 3.71. The standard InChI is InChI=1S/C21H26N2O3S/c1-4-11-22-21(24)19-14-23(16-7-5-6-8-17(16)26-19)13-15-9-10-18(25-2)20(12-15)27-3/h5-10,12,19H,4,11,13-14H2,1-3H3,(H,22,24)/t19-/m1/s1. The molecule has 0 fully saturated rings. The second-order valence-corrected chi connectivity index (χ2v) is 7.28. The molecule has 0 spiro atoms. The number of anilines is 1. The third kappa shape index (κ3) is 4.50. The first-order valence-electron chi connectivity index (χ1n) is 9.15. The van der Waals surface area contributed by atoms with Crippen molar-refractivity contribution in [2.24, 2.45) is 0 Å². The summed E-state index contributed by atoms with van der Waals surface area (Å²) in [6, 6.07) is 14.1. The largest absolute Gasteiger partial charge is 0.496 e. The summed E-state index contributed by atoms with van der Waals surface area (Å²) in [6.45, 7) is 3.93. The lowest BCUT2D eigenvalue weighted by Gasteiger charge is -2.35. The van der Waals surface area contributed by atoms with Crippen molar-refractivity contribution in [2.75, 3.05) is 31.4 Å². The summed E-state index contributed by atoms with van der Waals surface area (Å²) in [4.78, 5) is 15.8. The van der Waals surface area contributed by atoms with Crippen molar-refractivity contribution in [3.05, 3.63) is 48.0 Å². The Hall–Kier alpha value is -2.34. The molecule has 1 N–H and O–H groups in total. The monoisotopic (exact) mass is 386 g/mol. The molecule has 0 radical (unpaired) electrons. The minimum absolute atomic E-state index is 0.0594. The molecule has 6 heteroatoms. The van der Waals surface area contributed by atoms with E-state index >= 15 is 0 Å². The molecule has 1 atom stereocenters. The molecule has 0 unspecified atom stereocenters. The molecule has 2 aromatic rings. The highest BCUT2D eigenvalue weighted by atomic mass is 32.2. The first kappa shape index (κ1) is 19.4. The van der Waals surface area contributed by atoms with Crippen LogP contribution in [0.25, 0.3) is 0 Å². The van der Waals surface area contributed by atoms with Crippen LogP contribution in [-0.2, 0) is 11.3 Å². The van der Waals surface area contributed by atoms with Crippen LogP contribution in [0, 0.1) is 0 Å². The SMILES string of the molecule is CCCNC(=O)[C@H]1CN(Cc2ccc(OC)c(SC)c2)c2ccccc2O1. The number of nitrogens with one attached hydrogen (secondary N) is 1. The van der Waals surface area contributed by atoms with Crippen molar-refractivity contribution < 1.29 is 14.3 Å². The van der Waals surface area contributed by atoms with E-state index in [4.69, 9.17) is 9.47 Å². The number of carbonyl (C=O) groups excluding carboxylic acids is 1. The number of amides is 1. The molecular weight excluding hydrogens is 360 g/mol. The molecule has 0 bridgehead atoms. The fourth-order valence-electron chi connectivity index (χ4n) is 3.15. The van der Waals surface area contributed by atoms with E-state index in [1.54, 1.807) is 18.9 Å². The molecule has 0 saturated carbocycles. The summed E-state index contributed by atoms with van der Waals surface area (Å²) >= 11 is 1.66. The molecule has 1 amide bonds. The van der Waals surface area contributed by atoms with Crippen molar-refractivity contribution in [3.63, 3.8) is 0 Å². The maximum absolute atomic E-state index is 12.5. The zero-order valence-corrected chi connectivity index (χ0v) is 16.8. The van der Waals surface area contributed by atoms with Crippen LogP contribution in [0.3, 0.4) is 0 Å². The number of hydrogen-bond acceptors (Lipinski definition) is 5. The summed E-state index contributed by atoms with van der Waals surface area (Å²) in [5.41, 5.74) is 2.18. The highest BCUT2D eigenvalue weighted by molar-refractivity contribution is 7.98. The van der Waals surface area contributed by atoms with E-state index in [1.165, 1.54) is 5.56 Å². The summed E-state index contributed by atoms with van der Waals surface area (Å²) in [6.07, 6.45) is 2.44. The lowest BCUT2D eigenvalue weighted by Crippen LogP contribution is -2.48. The van der Waals surface area contributed by atoms with Gasteiger partial charge in [-0.15, -0.1) is 11.8 Å². The summed E-state index contributed by atoms with van der Waals surface area (Å²) < 4.78 is 11.4. The number of thioether (sulfide) groups is 1. The Morgan fingerprint density at radius 1 is 1.33 bits per heavy atom. The van der Waals surface area contributed by atoms with Crippen molar-refractivity contribution in [3.8, 4) is 11.5 Å². The Morgan fingerprint density at radius 2 is 2.15 bits per heavy atom. The third-order valence-electron chi connectivity index (χ3n) is 4.52. The van der Waals surface area contributed by atoms with Gasteiger partial charge in [0.1, 0.15) is 11.5 Å². The van der Waals surface area contributed by atoms with Crippen LogP contribution in [0.15, 0.2) is 47.4 Å². The van der Waals surface area contributed by atoms with E-state index in [0.717, 1.165) is 28.5 Å². The van der Waals surface area contributed by atoms with Gasteiger partial charge in [-0.25, -0.2) is 0 Å². The van der Waals surface area contributed by atoms with Gasteiger partial charge in [0.05, 0.1) is 19.3 Å². The van der Waals surface area contributed by atoms with E-state index < -0.39 is 6.10 Å². The van der Waals surface area contributed by atoms with Crippen molar-refractivity contribution in [1.29, 1.82) is 0 Å². The van der Waals surface area contributed by atoms with Gasteiger partial charge >= 0.3 is 0 Å². The Balaban J connectivity index is 1.83. The summed E-state index contributed by atoms with van der Waals surface area (Å²) in [7, 11) is 1.69. The van der Waals surface area contributed by atoms with Gasteiger partial charge in [0.15, 0.2) is 6.10 Å².